The molecule has 3 heteroatoms. The van der Waals surface area contributed by atoms with E-state index in [4.69, 9.17) is 15.2 Å². The fourth-order valence-corrected chi connectivity index (χ4v) is 2.17. The smallest absolute Gasteiger partial charge is 0.0805 e. The van der Waals surface area contributed by atoms with Crippen molar-refractivity contribution in [1.82, 2.24) is 0 Å². The predicted octanol–water partition coefficient (Wildman–Crippen LogP) is 2.09. The molecular weight excluding hydrogens is 190 g/mol. The van der Waals surface area contributed by atoms with Gasteiger partial charge in [0.25, 0.3) is 0 Å². The Labute approximate surface area is 93.3 Å². The fraction of sp³-hybridized carbons (Fsp3) is 1.00. The normalized spacial score (nSPS) is 20.4. The minimum atomic E-state index is -0.0339. The zero-order chi connectivity index (χ0) is 11.0. The van der Waals surface area contributed by atoms with Gasteiger partial charge in [-0.15, -0.1) is 0 Å². The molecule has 0 bridgehead atoms. The molecule has 0 aromatic heterocycles. The van der Waals surface area contributed by atoms with E-state index in [0.717, 1.165) is 25.9 Å². The largest absolute Gasteiger partial charge is 0.379 e. The summed E-state index contributed by atoms with van der Waals surface area (Å²) in [7, 11) is 0. The van der Waals surface area contributed by atoms with Crippen LogP contribution in [0.15, 0.2) is 0 Å². The molecule has 0 heterocycles. The van der Waals surface area contributed by atoms with Crippen molar-refractivity contribution in [2.45, 2.75) is 51.0 Å². The van der Waals surface area contributed by atoms with Crippen molar-refractivity contribution in [1.29, 1.82) is 0 Å². The van der Waals surface area contributed by atoms with Gasteiger partial charge < -0.3 is 15.2 Å². The summed E-state index contributed by atoms with van der Waals surface area (Å²) in [6, 6.07) is 0. The standard InChI is InChI=1S/C12H25NO2/c1-2-8-14-9-10-15-12(11-13)6-4-3-5-7-12/h2-11,13H2,1H3. The first-order chi connectivity index (χ1) is 7.33. The summed E-state index contributed by atoms with van der Waals surface area (Å²) in [6.07, 6.45) is 7.16. The van der Waals surface area contributed by atoms with Gasteiger partial charge in [-0.05, 0) is 19.3 Å². The highest BCUT2D eigenvalue weighted by Gasteiger charge is 2.31. The Morgan fingerprint density at radius 3 is 2.40 bits per heavy atom. The highest BCUT2D eigenvalue weighted by Crippen LogP contribution is 2.30. The second-order valence-electron chi connectivity index (χ2n) is 4.41. The summed E-state index contributed by atoms with van der Waals surface area (Å²) in [6.45, 7) is 5.00. The molecule has 0 atom stereocenters. The lowest BCUT2D eigenvalue weighted by Crippen LogP contribution is -2.43. The van der Waals surface area contributed by atoms with Crippen molar-refractivity contribution >= 4 is 0 Å². The number of nitrogens with two attached hydrogens (primary N) is 1. The Bertz CT molecular complexity index is 156. The molecule has 0 unspecified atom stereocenters. The topological polar surface area (TPSA) is 44.5 Å². The summed E-state index contributed by atoms with van der Waals surface area (Å²) < 4.78 is 11.3. The number of ether oxygens (including phenoxy) is 2. The molecule has 0 aromatic rings. The molecular formula is C12H25NO2. The van der Waals surface area contributed by atoms with Crippen LogP contribution in [0.3, 0.4) is 0 Å². The summed E-state index contributed by atoms with van der Waals surface area (Å²) in [5.41, 5.74) is 5.78. The molecule has 0 aromatic carbocycles. The zero-order valence-corrected chi connectivity index (χ0v) is 9.96. The second kappa shape index (κ2) is 7.20. The van der Waals surface area contributed by atoms with Gasteiger partial charge in [0.15, 0.2) is 0 Å². The lowest BCUT2D eigenvalue weighted by Gasteiger charge is -2.36. The summed E-state index contributed by atoms with van der Waals surface area (Å²) in [5.74, 6) is 0. The van der Waals surface area contributed by atoms with Gasteiger partial charge in [0, 0.05) is 13.2 Å². The van der Waals surface area contributed by atoms with Crippen LogP contribution in [0.5, 0.6) is 0 Å². The molecule has 1 fully saturated rings. The minimum absolute atomic E-state index is 0.0339. The van der Waals surface area contributed by atoms with Crippen LogP contribution < -0.4 is 5.73 Å². The van der Waals surface area contributed by atoms with E-state index in [1.807, 2.05) is 0 Å². The Hall–Kier alpha value is -0.120. The maximum absolute atomic E-state index is 5.92. The number of rotatable bonds is 7. The van der Waals surface area contributed by atoms with E-state index in [-0.39, 0.29) is 5.60 Å². The maximum atomic E-state index is 5.92. The van der Waals surface area contributed by atoms with E-state index in [0.29, 0.717) is 19.8 Å². The highest BCUT2D eigenvalue weighted by atomic mass is 16.5. The van der Waals surface area contributed by atoms with Crippen LogP contribution in [0, 0.1) is 0 Å². The molecule has 1 rings (SSSR count). The van der Waals surface area contributed by atoms with E-state index in [1.54, 1.807) is 0 Å². The van der Waals surface area contributed by atoms with Crippen LogP contribution in [0.25, 0.3) is 0 Å². The third-order valence-corrected chi connectivity index (χ3v) is 3.12. The second-order valence-corrected chi connectivity index (χ2v) is 4.41. The molecule has 3 nitrogen and oxygen atoms in total. The molecule has 0 amide bonds. The molecule has 0 saturated heterocycles. The van der Waals surface area contributed by atoms with Crippen molar-refractivity contribution in [3.63, 3.8) is 0 Å². The van der Waals surface area contributed by atoms with Gasteiger partial charge in [0.05, 0.1) is 18.8 Å². The summed E-state index contributed by atoms with van der Waals surface area (Å²) >= 11 is 0. The molecule has 15 heavy (non-hydrogen) atoms. The van der Waals surface area contributed by atoms with Crippen molar-refractivity contribution in [3.05, 3.63) is 0 Å². The summed E-state index contributed by atoms with van der Waals surface area (Å²) in [5, 5.41) is 0. The van der Waals surface area contributed by atoms with Gasteiger partial charge in [0.2, 0.25) is 0 Å². The third-order valence-electron chi connectivity index (χ3n) is 3.12. The number of hydrogen-bond acceptors (Lipinski definition) is 3. The maximum Gasteiger partial charge on any atom is 0.0805 e. The monoisotopic (exact) mass is 215 g/mol. The Kier molecular flexibility index (Phi) is 6.22. The molecule has 2 N–H and O–H groups in total. The van der Waals surface area contributed by atoms with Crippen molar-refractivity contribution in [2.75, 3.05) is 26.4 Å². The molecule has 1 aliphatic carbocycles. The van der Waals surface area contributed by atoms with Gasteiger partial charge in [-0.1, -0.05) is 26.2 Å². The lowest BCUT2D eigenvalue weighted by molar-refractivity contribution is -0.0816. The van der Waals surface area contributed by atoms with E-state index in [1.165, 1.54) is 19.3 Å². The average Bonchev–Trinajstić information content (AvgIpc) is 2.30. The van der Waals surface area contributed by atoms with Gasteiger partial charge in [-0.3, -0.25) is 0 Å². The van der Waals surface area contributed by atoms with Crippen LogP contribution >= 0.6 is 0 Å². The SMILES string of the molecule is CCCOCCOC1(CN)CCCCC1. The van der Waals surface area contributed by atoms with Crippen LogP contribution in [0.1, 0.15) is 45.4 Å². The lowest BCUT2D eigenvalue weighted by atomic mass is 9.85. The zero-order valence-electron chi connectivity index (χ0n) is 9.96. The van der Waals surface area contributed by atoms with E-state index < -0.39 is 0 Å². The molecule has 1 aliphatic rings. The molecule has 0 radical (unpaired) electrons. The molecule has 90 valence electrons. The number of hydrogen-bond donors (Lipinski definition) is 1. The highest BCUT2D eigenvalue weighted by molar-refractivity contribution is 4.85. The van der Waals surface area contributed by atoms with Crippen LogP contribution in [-0.4, -0.2) is 32.0 Å². The fourth-order valence-electron chi connectivity index (χ4n) is 2.17. The minimum Gasteiger partial charge on any atom is -0.379 e. The Balaban J connectivity index is 2.15. The Morgan fingerprint density at radius 1 is 1.07 bits per heavy atom. The van der Waals surface area contributed by atoms with Crippen molar-refractivity contribution in [3.8, 4) is 0 Å². The van der Waals surface area contributed by atoms with Crippen LogP contribution in [-0.2, 0) is 9.47 Å². The van der Waals surface area contributed by atoms with E-state index in [9.17, 15) is 0 Å². The third kappa shape index (κ3) is 4.49. The summed E-state index contributed by atoms with van der Waals surface area (Å²) in [4.78, 5) is 0. The van der Waals surface area contributed by atoms with Gasteiger partial charge in [-0.25, -0.2) is 0 Å². The Morgan fingerprint density at radius 2 is 1.80 bits per heavy atom. The first-order valence-electron chi connectivity index (χ1n) is 6.25. The first kappa shape index (κ1) is 12.9. The van der Waals surface area contributed by atoms with E-state index in [2.05, 4.69) is 6.92 Å². The van der Waals surface area contributed by atoms with Crippen molar-refractivity contribution < 1.29 is 9.47 Å². The van der Waals surface area contributed by atoms with Crippen molar-refractivity contribution in [2.24, 2.45) is 5.73 Å². The first-order valence-corrected chi connectivity index (χ1v) is 6.25. The molecule has 1 saturated carbocycles. The predicted molar refractivity (Wildman–Crippen MR) is 61.9 cm³/mol. The average molecular weight is 215 g/mol. The molecule has 0 spiro atoms. The van der Waals surface area contributed by atoms with E-state index >= 15 is 0 Å². The van der Waals surface area contributed by atoms with Crippen LogP contribution in [0.4, 0.5) is 0 Å². The van der Waals surface area contributed by atoms with Crippen LogP contribution in [0.2, 0.25) is 0 Å². The quantitative estimate of drug-likeness (QED) is 0.661. The van der Waals surface area contributed by atoms with Gasteiger partial charge >= 0.3 is 0 Å². The van der Waals surface area contributed by atoms with Gasteiger partial charge in [0.1, 0.15) is 0 Å². The molecule has 0 aliphatic heterocycles. The van der Waals surface area contributed by atoms with Gasteiger partial charge in [-0.2, -0.15) is 0 Å².